The van der Waals surface area contributed by atoms with Crippen LogP contribution in [0.4, 0.5) is 0 Å². The summed E-state index contributed by atoms with van der Waals surface area (Å²) in [4.78, 5) is 23.3. The van der Waals surface area contributed by atoms with Crippen molar-refractivity contribution in [1.29, 1.82) is 0 Å². The number of carbonyl (C=O) groups excluding carboxylic acids is 2. The molecule has 2 aromatic carbocycles. The third-order valence-electron chi connectivity index (χ3n) is 4.16. The minimum Gasteiger partial charge on any atom is -0.483 e. The Balaban J connectivity index is 1.62. The summed E-state index contributed by atoms with van der Waals surface area (Å²) in [7, 11) is 0. The average molecular weight is 388 g/mol. The van der Waals surface area contributed by atoms with Crippen LogP contribution in [0.2, 0.25) is 0 Å². The number of halogens is 1. The third kappa shape index (κ3) is 3.85. The second-order valence-electron chi connectivity index (χ2n) is 5.80. The molecule has 3 rings (SSSR count). The molecule has 1 N–H and O–H groups in total. The van der Waals surface area contributed by atoms with Gasteiger partial charge in [0.05, 0.1) is 11.6 Å². The van der Waals surface area contributed by atoms with Crippen LogP contribution < -0.4 is 10.1 Å². The van der Waals surface area contributed by atoms with E-state index in [0.29, 0.717) is 11.3 Å². The molecule has 0 bridgehead atoms. The predicted molar refractivity (Wildman–Crippen MR) is 95.3 cm³/mol. The Morgan fingerprint density at radius 2 is 2.12 bits per heavy atom. The summed E-state index contributed by atoms with van der Waals surface area (Å²) >= 11 is 3.30. The number of hydrogen-bond acceptors (Lipinski definition) is 3. The fourth-order valence-corrected chi connectivity index (χ4v) is 3.40. The summed E-state index contributed by atoms with van der Waals surface area (Å²) in [5, 5.41) is 3.03. The van der Waals surface area contributed by atoms with Gasteiger partial charge in [0.15, 0.2) is 12.9 Å². The van der Waals surface area contributed by atoms with E-state index in [2.05, 4.69) is 33.4 Å². The van der Waals surface area contributed by atoms with Crippen molar-refractivity contribution in [2.45, 2.75) is 25.3 Å². The summed E-state index contributed by atoms with van der Waals surface area (Å²) in [6.07, 6.45) is 3.77. The van der Waals surface area contributed by atoms with Gasteiger partial charge in [0.1, 0.15) is 5.75 Å². The maximum atomic E-state index is 12.2. The van der Waals surface area contributed by atoms with Crippen molar-refractivity contribution in [1.82, 2.24) is 5.32 Å². The maximum Gasteiger partial charge on any atom is 0.258 e. The highest BCUT2D eigenvalue weighted by molar-refractivity contribution is 9.10. The molecule has 1 atom stereocenters. The molecule has 124 valence electrons. The van der Waals surface area contributed by atoms with Crippen LogP contribution in [-0.4, -0.2) is 18.8 Å². The Bertz CT molecular complexity index is 760. The summed E-state index contributed by atoms with van der Waals surface area (Å²) in [6, 6.07) is 13.4. The van der Waals surface area contributed by atoms with E-state index in [1.807, 2.05) is 12.1 Å². The highest BCUT2D eigenvalue weighted by atomic mass is 79.9. The second kappa shape index (κ2) is 7.62. The lowest BCUT2D eigenvalue weighted by Gasteiger charge is -2.26. The summed E-state index contributed by atoms with van der Waals surface area (Å²) in [5.41, 5.74) is 2.90. The van der Waals surface area contributed by atoms with Crippen LogP contribution in [0.5, 0.6) is 5.75 Å². The quantitative estimate of drug-likeness (QED) is 0.793. The number of nitrogens with one attached hydrogen (secondary N) is 1. The molecule has 2 aromatic rings. The lowest BCUT2D eigenvalue weighted by atomic mass is 9.88. The van der Waals surface area contributed by atoms with Gasteiger partial charge < -0.3 is 10.1 Å². The molecule has 0 unspecified atom stereocenters. The van der Waals surface area contributed by atoms with Crippen LogP contribution in [0.25, 0.3) is 0 Å². The first-order valence-corrected chi connectivity index (χ1v) is 8.71. The summed E-state index contributed by atoms with van der Waals surface area (Å²) < 4.78 is 6.30. The normalized spacial score (nSPS) is 16.1. The summed E-state index contributed by atoms with van der Waals surface area (Å²) in [5.74, 6) is 0.226. The van der Waals surface area contributed by atoms with Crippen molar-refractivity contribution in [2.75, 3.05) is 6.61 Å². The Kier molecular flexibility index (Phi) is 5.30. The first-order chi connectivity index (χ1) is 11.7. The van der Waals surface area contributed by atoms with Crippen molar-refractivity contribution in [3.63, 3.8) is 0 Å². The van der Waals surface area contributed by atoms with Crippen LogP contribution in [0, 0.1) is 0 Å². The molecule has 0 radical (unpaired) electrons. The Labute approximate surface area is 149 Å². The van der Waals surface area contributed by atoms with Crippen molar-refractivity contribution >= 4 is 28.1 Å². The second-order valence-corrected chi connectivity index (χ2v) is 6.72. The fourth-order valence-electron chi connectivity index (χ4n) is 3.03. The molecule has 5 heteroatoms. The first kappa shape index (κ1) is 16.7. The smallest absolute Gasteiger partial charge is 0.258 e. The molecule has 0 saturated heterocycles. The van der Waals surface area contributed by atoms with Gasteiger partial charge in [-0.15, -0.1) is 0 Å². The Morgan fingerprint density at radius 1 is 1.29 bits per heavy atom. The Morgan fingerprint density at radius 3 is 2.96 bits per heavy atom. The number of aldehydes is 1. The maximum absolute atomic E-state index is 12.2. The van der Waals surface area contributed by atoms with E-state index >= 15 is 0 Å². The molecule has 0 aromatic heterocycles. The van der Waals surface area contributed by atoms with Gasteiger partial charge in [-0.3, -0.25) is 9.59 Å². The molecular weight excluding hydrogens is 370 g/mol. The van der Waals surface area contributed by atoms with E-state index in [1.165, 1.54) is 11.1 Å². The van der Waals surface area contributed by atoms with E-state index in [1.54, 1.807) is 18.2 Å². The van der Waals surface area contributed by atoms with E-state index in [0.717, 1.165) is 30.0 Å². The number of hydrogen-bond donors (Lipinski definition) is 1. The lowest BCUT2D eigenvalue weighted by Crippen LogP contribution is -2.34. The average Bonchev–Trinajstić information content (AvgIpc) is 2.61. The number of carbonyl (C=O) groups is 2. The van der Waals surface area contributed by atoms with E-state index in [9.17, 15) is 9.59 Å². The molecular formula is C19H18BrNO3. The molecule has 0 aliphatic heterocycles. The molecule has 4 nitrogen and oxygen atoms in total. The first-order valence-electron chi connectivity index (χ1n) is 7.92. The van der Waals surface area contributed by atoms with Gasteiger partial charge >= 0.3 is 0 Å². The van der Waals surface area contributed by atoms with Gasteiger partial charge in [0.25, 0.3) is 5.91 Å². The van der Waals surface area contributed by atoms with Crippen LogP contribution in [0.1, 0.15) is 40.4 Å². The van der Waals surface area contributed by atoms with Crippen LogP contribution >= 0.6 is 15.9 Å². The minimum atomic E-state index is -0.184. The van der Waals surface area contributed by atoms with Gasteiger partial charge in [-0.1, -0.05) is 40.2 Å². The molecule has 0 heterocycles. The van der Waals surface area contributed by atoms with Crippen LogP contribution in [-0.2, 0) is 11.2 Å². The number of fused-ring (bicyclic) bond motifs is 1. The third-order valence-corrected chi connectivity index (χ3v) is 4.66. The molecule has 0 spiro atoms. The molecule has 1 amide bonds. The fraction of sp³-hybridized carbons (Fsp3) is 0.263. The van der Waals surface area contributed by atoms with Gasteiger partial charge in [0.2, 0.25) is 0 Å². The van der Waals surface area contributed by atoms with Gasteiger partial charge in [0, 0.05) is 4.47 Å². The molecule has 24 heavy (non-hydrogen) atoms. The number of rotatable bonds is 5. The monoisotopic (exact) mass is 387 g/mol. The number of aryl methyl sites for hydroxylation is 1. The minimum absolute atomic E-state index is 0.0292. The number of amides is 1. The van der Waals surface area contributed by atoms with Gasteiger partial charge in [-0.25, -0.2) is 0 Å². The zero-order chi connectivity index (χ0) is 16.9. The Hall–Kier alpha value is -2.14. The topological polar surface area (TPSA) is 55.4 Å². The SMILES string of the molecule is O=Cc1cc(Br)ccc1OCC(=O)N[C@H]1CCCc2ccccc21. The van der Waals surface area contributed by atoms with E-state index in [-0.39, 0.29) is 18.6 Å². The molecule has 0 fully saturated rings. The highest BCUT2D eigenvalue weighted by Crippen LogP contribution is 2.29. The summed E-state index contributed by atoms with van der Waals surface area (Å²) in [6.45, 7) is -0.110. The lowest BCUT2D eigenvalue weighted by molar-refractivity contribution is -0.124. The van der Waals surface area contributed by atoms with Crippen molar-refractivity contribution in [3.8, 4) is 5.75 Å². The van der Waals surface area contributed by atoms with Crippen LogP contribution in [0.15, 0.2) is 46.9 Å². The predicted octanol–water partition coefficient (Wildman–Crippen LogP) is 3.83. The van der Waals surface area contributed by atoms with Gasteiger partial charge in [-0.2, -0.15) is 0 Å². The zero-order valence-electron chi connectivity index (χ0n) is 13.1. The number of ether oxygens (including phenoxy) is 1. The van der Waals surface area contributed by atoms with Crippen LogP contribution in [0.3, 0.4) is 0 Å². The van der Waals surface area contributed by atoms with Crippen molar-refractivity contribution in [3.05, 3.63) is 63.6 Å². The molecule has 1 aliphatic carbocycles. The zero-order valence-corrected chi connectivity index (χ0v) is 14.7. The van der Waals surface area contributed by atoms with Crippen molar-refractivity contribution < 1.29 is 14.3 Å². The standard InChI is InChI=1S/C19H18BrNO3/c20-15-8-9-18(14(10-15)11-22)24-12-19(23)21-17-7-3-5-13-4-1-2-6-16(13)17/h1-2,4,6,8-11,17H,3,5,7,12H2,(H,21,23)/t17-/m0/s1. The molecule has 0 saturated carbocycles. The van der Waals surface area contributed by atoms with E-state index in [4.69, 9.17) is 4.74 Å². The van der Waals surface area contributed by atoms with E-state index < -0.39 is 0 Å². The largest absolute Gasteiger partial charge is 0.483 e. The highest BCUT2D eigenvalue weighted by Gasteiger charge is 2.21. The van der Waals surface area contributed by atoms with Crippen molar-refractivity contribution in [2.24, 2.45) is 0 Å². The number of benzene rings is 2. The van der Waals surface area contributed by atoms with Gasteiger partial charge in [-0.05, 0) is 48.6 Å². The molecule has 1 aliphatic rings.